The van der Waals surface area contributed by atoms with Crippen LogP contribution in [0.2, 0.25) is 5.02 Å². The molecule has 0 saturated carbocycles. The minimum Gasteiger partial charge on any atom is -0.253 e. The molecule has 2 aromatic carbocycles. The average Bonchev–Trinajstić information content (AvgIpc) is 3.25. The topological polar surface area (TPSA) is 74.7 Å². The van der Waals surface area contributed by atoms with Crippen molar-refractivity contribution in [3.63, 3.8) is 0 Å². The molecule has 0 spiro atoms. The lowest BCUT2D eigenvalue weighted by Gasteiger charge is -2.26. The van der Waals surface area contributed by atoms with E-state index in [2.05, 4.69) is 15.5 Å². The van der Waals surface area contributed by atoms with Gasteiger partial charge in [-0.05, 0) is 37.1 Å². The fourth-order valence-corrected chi connectivity index (χ4v) is 5.76. The largest absolute Gasteiger partial charge is 0.253 e. The maximum Gasteiger partial charge on any atom is 0.243 e. The maximum atomic E-state index is 13.8. The van der Waals surface area contributed by atoms with Crippen molar-refractivity contribution in [2.45, 2.75) is 24.2 Å². The van der Waals surface area contributed by atoms with E-state index >= 15 is 0 Å². The highest BCUT2D eigenvalue weighted by Gasteiger charge is 2.26. The Hall–Kier alpha value is -2.33. The van der Waals surface area contributed by atoms with Gasteiger partial charge in [0.2, 0.25) is 15.2 Å². The van der Waals surface area contributed by atoms with Crippen LogP contribution in [0, 0.1) is 5.82 Å². The first-order valence-electron chi connectivity index (χ1n) is 9.74. The fraction of sp³-hybridized carbons (Fsp3) is 0.238. The molecule has 1 aliphatic heterocycles. The van der Waals surface area contributed by atoms with Crippen LogP contribution in [0.3, 0.4) is 0 Å². The molecule has 1 fully saturated rings. The van der Waals surface area contributed by atoms with E-state index in [1.165, 1.54) is 29.7 Å². The van der Waals surface area contributed by atoms with Crippen LogP contribution in [-0.2, 0) is 10.0 Å². The van der Waals surface area contributed by atoms with Gasteiger partial charge >= 0.3 is 0 Å². The fourth-order valence-electron chi connectivity index (χ4n) is 3.31. The third kappa shape index (κ3) is 4.95. The Kier molecular flexibility index (Phi) is 6.66. The zero-order valence-electron chi connectivity index (χ0n) is 16.5. The SMILES string of the molecule is O=S(=O)(c1cccc(-c2csc(N/N=C/c3c(F)cccc3Cl)n2)c1)N1CCCCC1. The Morgan fingerprint density at radius 1 is 1.16 bits per heavy atom. The van der Waals surface area contributed by atoms with Crippen molar-refractivity contribution < 1.29 is 12.8 Å². The molecule has 0 unspecified atom stereocenters. The van der Waals surface area contributed by atoms with Gasteiger partial charge in [-0.2, -0.15) is 9.41 Å². The molecule has 0 amide bonds. The van der Waals surface area contributed by atoms with Gasteiger partial charge in [0.25, 0.3) is 0 Å². The number of aromatic nitrogens is 1. The molecular formula is C21H20ClFN4O2S2. The second-order valence-electron chi connectivity index (χ2n) is 7.04. The van der Waals surface area contributed by atoms with Crippen molar-refractivity contribution in [1.82, 2.24) is 9.29 Å². The molecule has 1 aromatic heterocycles. The predicted octanol–water partition coefficient (Wildman–Crippen LogP) is 5.22. The van der Waals surface area contributed by atoms with E-state index in [9.17, 15) is 12.8 Å². The molecule has 0 radical (unpaired) electrons. The van der Waals surface area contributed by atoms with E-state index in [4.69, 9.17) is 11.6 Å². The lowest BCUT2D eigenvalue weighted by atomic mass is 10.2. The van der Waals surface area contributed by atoms with Gasteiger partial charge in [0.15, 0.2) is 0 Å². The number of rotatable bonds is 6. The summed E-state index contributed by atoms with van der Waals surface area (Å²) < 4.78 is 41.2. The molecule has 10 heteroatoms. The summed E-state index contributed by atoms with van der Waals surface area (Å²) in [5.41, 5.74) is 4.27. The van der Waals surface area contributed by atoms with Crippen LogP contribution in [0.4, 0.5) is 9.52 Å². The van der Waals surface area contributed by atoms with Crippen molar-refractivity contribution in [3.8, 4) is 11.3 Å². The Balaban J connectivity index is 1.50. The van der Waals surface area contributed by atoms with Crippen LogP contribution in [0.15, 0.2) is 57.8 Å². The van der Waals surface area contributed by atoms with Crippen LogP contribution < -0.4 is 5.43 Å². The maximum absolute atomic E-state index is 13.8. The van der Waals surface area contributed by atoms with E-state index in [1.54, 1.807) is 34.0 Å². The Bertz CT molecular complexity index is 1190. The summed E-state index contributed by atoms with van der Waals surface area (Å²) in [6.45, 7) is 1.11. The second kappa shape index (κ2) is 9.44. The average molecular weight is 479 g/mol. The molecule has 3 aromatic rings. The molecule has 0 aliphatic carbocycles. The van der Waals surface area contributed by atoms with Crippen molar-refractivity contribution >= 4 is 44.3 Å². The molecule has 1 saturated heterocycles. The summed E-state index contributed by atoms with van der Waals surface area (Å²) in [4.78, 5) is 4.72. The van der Waals surface area contributed by atoms with Crippen LogP contribution in [0.5, 0.6) is 0 Å². The molecule has 162 valence electrons. The molecule has 4 rings (SSSR count). The number of halogens is 2. The number of thiazole rings is 1. The lowest BCUT2D eigenvalue weighted by Crippen LogP contribution is -2.35. The van der Waals surface area contributed by atoms with Crippen molar-refractivity contribution in [3.05, 3.63) is 64.2 Å². The number of hydrogen-bond donors (Lipinski definition) is 1. The number of anilines is 1. The van der Waals surface area contributed by atoms with E-state index in [-0.39, 0.29) is 15.5 Å². The first-order valence-corrected chi connectivity index (χ1v) is 12.4. The normalized spacial score (nSPS) is 15.4. The third-order valence-electron chi connectivity index (χ3n) is 4.94. The van der Waals surface area contributed by atoms with Crippen molar-refractivity contribution in [2.75, 3.05) is 18.5 Å². The molecule has 2 heterocycles. The van der Waals surface area contributed by atoms with Crippen LogP contribution in [-0.4, -0.2) is 37.0 Å². The summed E-state index contributed by atoms with van der Waals surface area (Å²) in [7, 11) is -3.52. The summed E-state index contributed by atoms with van der Waals surface area (Å²) in [5.74, 6) is -0.468. The zero-order chi connectivity index (χ0) is 21.8. The number of nitrogens with zero attached hydrogens (tertiary/aromatic N) is 3. The summed E-state index contributed by atoms with van der Waals surface area (Å²) in [6, 6.07) is 11.2. The van der Waals surface area contributed by atoms with E-state index < -0.39 is 15.8 Å². The van der Waals surface area contributed by atoms with Crippen LogP contribution >= 0.6 is 22.9 Å². The first kappa shape index (κ1) is 21.9. The zero-order valence-corrected chi connectivity index (χ0v) is 18.9. The number of benzene rings is 2. The lowest BCUT2D eigenvalue weighted by molar-refractivity contribution is 0.346. The van der Waals surface area contributed by atoms with Crippen LogP contribution in [0.25, 0.3) is 11.3 Å². The minimum absolute atomic E-state index is 0.184. The van der Waals surface area contributed by atoms with Gasteiger partial charge in [0, 0.05) is 29.6 Å². The van der Waals surface area contributed by atoms with E-state index in [0.717, 1.165) is 19.3 Å². The molecule has 1 aliphatic rings. The molecule has 31 heavy (non-hydrogen) atoms. The van der Waals surface area contributed by atoms with E-state index in [1.807, 2.05) is 6.07 Å². The Labute approximate surface area is 189 Å². The first-order chi connectivity index (χ1) is 14.9. The third-order valence-corrected chi connectivity index (χ3v) is 7.91. The van der Waals surface area contributed by atoms with Gasteiger partial charge in [0.05, 0.1) is 21.8 Å². The number of hydrogen-bond acceptors (Lipinski definition) is 6. The van der Waals surface area contributed by atoms with Gasteiger partial charge in [-0.25, -0.2) is 17.8 Å². The summed E-state index contributed by atoms with van der Waals surface area (Å²) in [5, 5.41) is 6.56. The number of sulfonamides is 1. The highest BCUT2D eigenvalue weighted by molar-refractivity contribution is 7.89. The molecule has 0 atom stereocenters. The smallest absolute Gasteiger partial charge is 0.243 e. The van der Waals surface area contributed by atoms with Crippen LogP contribution in [0.1, 0.15) is 24.8 Å². The van der Waals surface area contributed by atoms with Gasteiger partial charge in [-0.1, -0.05) is 36.2 Å². The minimum atomic E-state index is -3.52. The van der Waals surface area contributed by atoms with Gasteiger partial charge < -0.3 is 0 Å². The van der Waals surface area contributed by atoms with Crippen molar-refractivity contribution in [1.29, 1.82) is 0 Å². The number of hydrazone groups is 1. The quantitative estimate of drug-likeness (QED) is 0.389. The molecule has 6 nitrogen and oxygen atoms in total. The standard InChI is InChI=1S/C21H20ClFN4O2S2/c22-18-8-5-9-19(23)17(18)13-24-26-21-25-20(14-30-21)15-6-4-7-16(12-15)31(28,29)27-10-2-1-3-11-27/h4-9,12-14H,1-3,10-11H2,(H,25,26)/b24-13+. The van der Waals surface area contributed by atoms with Crippen molar-refractivity contribution in [2.24, 2.45) is 5.10 Å². The molecular weight excluding hydrogens is 459 g/mol. The Morgan fingerprint density at radius 2 is 1.94 bits per heavy atom. The number of nitrogens with one attached hydrogen (secondary N) is 1. The number of piperidine rings is 1. The summed E-state index contributed by atoms with van der Waals surface area (Å²) >= 11 is 7.29. The monoisotopic (exact) mass is 478 g/mol. The predicted molar refractivity (Wildman–Crippen MR) is 123 cm³/mol. The molecule has 0 bridgehead atoms. The van der Waals surface area contributed by atoms with Gasteiger partial charge in [-0.3, -0.25) is 5.43 Å². The highest BCUT2D eigenvalue weighted by atomic mass is 35.5. The van der Waals surface area contributed by atoms with Gasteiger partial charge in [0.1, 0.15) is 5.82 Å². The summed E-state index contributed by atoms with van der Waals surface area (Å²) in [6.07, 6.45) is 4.13. The Morgan fingerprint density at radius 3 is 2.71 bits per heavy atom. The second-order valence-corrected chi connectivity index (χ2v) is 10.2. The van der Waals surface area contributed by atoms with Gasteiger partial charge in [-0.15, -0.1) is 11.3 Å². The highest BCUT2D eigenvalue weighted by Crippen LogP contribution is 2.28. The molecule has 1 N–H and O–H groups in total. The van der Waals surface area contributed by atoms with E-state index in [0.29, 0.717) is 29.5 Å².